The highest BCUT2D eigenvalue weighted by Crippen LogP contribution is 2.23. The lowest BCUT2D eigenvalue weighted by Gasteiger charge is -2.28. The fourth-order valence-corrected chi connectivity index (χ4v) is 2.55. The van der Waals surface area contributed by atoms with Gasteiger partial charge >= 0.3 is 0 Å². The Morgan fingerprint density at radius 2 is 1.55 bits per heavy atom. The molecule has 3 N–H and O–H groups in total. The minimum atomic E-state index is 0.0563. The van der Waals surface area contributed by atoms with Gasteiger partial charge in [-0.25, -0.2) is 0 Å². The van der Waals surface area contributed by atoms with Gasteiger partial charge in [0.25, 0.3) is 0 Å². The van der Waals surface area contributed by atoms with Gasteiger partial charge in [0.15, 0.2) is 0 Å². The third-order valence-corrected chi connectivity index (χ3v) is 4.08. The Balaban J connectivity index is 1.93. The standard InChI is InChI=1S/C20H28N2/c1-15(2)17-7-11-19(12-8-17)22-20(3,4)14-13-16-5-9-18(21)10-6-16/h5-12,15,22H,13-14,21H2,1-4H3. The van der Waals surface area contributed by atoms with E-state index >= 15 is 0 Å². The normalized spacial score (nSPS) is 11.7. The van der Waals surface area contributed by atoms with E-state index in [0.717, 1.165) is 18.5 Å². The Bertz CT molecular complexity index is 580. The van der Waals surface area contributed by atoms with Crippen LogP contribution in [0.2, 0.25) is 0 Å². The fourth-order valence-electron chi connectivity index (χ4n) is 2.55. The molecular weight excluding hydrogens is 268 g/mol. The van der Waals surface area contributed by atoms with Gasteiger partial charge in [0.1, 0.15) is 0 Å². The summed E-state index contributed by atoms with van der Waals surface area (Å²) in [6.07, 6.45) is 2.12. The molecule has 22 heavy (non-hydrogen) atoms. The highest BCUT2D eigenvalue weighted by atomic mass is 15.0. The van der Waals surface area contributed by atoms with Crippen LogP contribution in [-0.2, 0) is 6.42 Å². The van der Waals surface area contributed by atoms with Crippen molar-refractivity contribution in [2.75, 3.05) is 11.1 Å². The summed E-state index contributed by atoms with van der Waals surface area (Å²) in [5.41, 5.74) is 10.5. The van der Waals surface area contributed by atoms with E-state index in [2.05, 4.69) is 69.4 Å². The lowest BCUT2D eigenvalue weighted by molar-refractivity contribution is 0.518. The highest BCUT2D eigenvalue weighted by molar-refractivity contribution is 5.47. The molecule has 0 unspecified atom stereocenters. The second kappa shape index (κ2) is 6.87. The van der Waals surface area contributed by atoms with Crippen molar-refractivity contribution < 1.29 is 0 Å². The van der Waals surface area contributed by atoms with Gasteiger partial charge in [-0.3, -0.25) is 0 Å². The monoisotopic (exact) mass is 296 g/mol. The average molecular weight is 296 g/mol. The first-order valence-corrected chi connectivity index (χ1v) is 8.08. The molecule has 2 rings (SSSR count). The molecule has 0 radical (unpaired) electrons. The van der Waals surface area contributed by atoms with Crippen LogP contribution in [0.25, 0.3) is 0 Å². The van der Waals surface area contributed by atoms with Crippen molar-refractivity contribution in [1.82, 2.24) is 0 Å². The number of nitrogens with one attached hydrogen (secondary N) is 1. The summed E-state index contributed by atoms with van der Waals surface area (Å²) in [6.45, 7) is 8.94. The van der Waals surface area contributed by atoms with Crippen LogP contribution in [0, 0.1) is 0 Å². The van der Waals surface area contributed by atoms with Gasteiger partial charge in [-0.1, -0.05) is 38.1 Å². The molecule has 2 nitrogen and oxygen atoms in total. The molecule has 0 aliphatic carbocycles. The van der Waals surface area contributed by atoms with E-state index in [1.807, 2.05) is 12.1 Å². The minimum Gasteiger partial charge on any atom is -0.399 e. The molecule has 0 saturated heterocycles. The predicted octanol–water partition coefficient (Wildman–Crippen LogP) is 5.22. The molecule has 0 heterocycles. The lowest BCUT2D eigenvalue weighted by Crippen LogP contribution is -2.31. The van der Waals surface area contributed by atoms with Crippen LogP contribution in [-0.4, -0.2) is 5.54 Å². The molecule has 118 valence electrons. The van der Waals surface area contributed by atoms with E-state index in [1.165, 1.54) is 16.8 Å². The van der Waals surface area contributed by atoms with Crippen molar-refractivity contribution in [1.29, 1.82) is 0 Å². The van der Waals surface area contributed by atoms with Crippen molar-refractivity contribution in [3.8, 4) is 0 Å². The maximum Gasteiger partial charge on any atom is 0.0344 e. The lowest BCUT2D eigenvalue weighted by atomic mass is 9.94. The van der Waals surface area contributed by atoms with E-state index in [4.69, 9.17) is 5.73 Å². The summed E-state index contributed by atoms with van der Waals surface area (Å²) in [6, 6.07) is 17.0. The average Bonchev–Trinajstić information content (AvgIpc) is 2.47. The number of benzene rings is 2. The van der Waals surface area contributed by atoms with E-state index in [1.54, 1.807) is 0 Å². The molecule has 0 aromatic heterocycles. The quantitative estimate of drug-likeness (QED) is 0.718. The van der Waals surface area contributed by atoms with E-state index in [-0.39, 0.29) is 5.54 Å². The summed E-state index contributed by atoms with van der Waals surface area (Å²) in [7, 11) is 0. The number of aryl methyl sites for hydroxylation is 1. The van der Waals surface area contributed by atoms with Gasteiger partial charge in [-0.05, 0) is 68.0 Å². The summed E-state index contributed by atoms with van der Waals surface area (Å²) in [4.78, 5) is 0. The molecule has 0 aliphatic rings. The van der Waals surface area contributed by atoms with Gasteiger partial charge in [-0.15, -0.1) is 0 Å². The van der Waals surface area contributed by atoms with Crippen LogP contribution in [0.1, 0.15) is 51.2 Å². The van der Waals surface area contributed by atoms with Crippen molar-refractivity contribution in [3.63, 3.8) is 0 Å². The second-order valence-corrected chi connectivity index (χ2v) is 7.03. The number of nitrogen functional groups attached to an aromatic ring is 1. The molecule has 2 aromatic rings. The zero-order valence-electron chi connectivity index (χ0n) is 14.2. The number of nitrogens with two attached hydrogens (primary N) is 1. The van der Waals surface area contributed by atoms with Crippen molar-refractivity contribution in [2.45, 2.75) is 52.0 Å². The Hall–Kier alpha value is -1.96. The third kappa shape index (κ3) is 4.80. The molecule has 0 atom stereocenters. The summed E-state index contributed by atoms with van der Waals surface area (Å²) >= 11 is 0. The largest absolute Gasteiger partial charge is 0.399 e. The molecule has 0 spiro atoms. The van der Waals surface area contributed by atoms with Crippen molar-refractivity contribution in [2.24, 2.45) is 0 Å². The third-order valence-electron chi connectivity index (χ3n) is 4.08. The van der Waals surface area contributed by atoms with Gasteiger partial charge in [-0.2, -0.15) is 0 Å². The minimum absolute atomic E-state index is 0.0563. The zero-order chi connectivity index (χ0) is 16.2. The first kappa shape index (κ1) is 16.4. The maximum absolute atomic E-state index is 5.73. The second-order valence-electron chi connectivity index (χ2n) is 7.03. The van der Waals surface area contributed by atoms with Gasteiger partial charge in [0.2, 0.25) is 0 Å². The molecule has 0 fully saturated rings. The van der Waals surface area contributed by atoms with Gasteiger partial charge in [0, 0.05) is 16.9 Å². The summed E-state index contributed by atoms with van der Waals surface area (Å²) in [5, 5.41) is 3.64. The van der Waals surface area contributed by atoms with Gasteiger partial charge < -0.3 is 11.1 Å². The fraction of sp³-hybridized carbons (Fsp3) is 0.400. The molecule has 2 aromatic carbocycles. The van der Waals surface area contributed by atoms with E-state index in [9.17, 15) is 0 Å². The molecule has 0 bridgehead atoms. The summed E-state index contributed by atoms with van der Waals surface area (Å²) < 4.78 is 0. The molecular formula is C20H28N2. The van der Waals surface area contributed by atoms with Crippen LogP contribution in [0.4, 0.5) is 11.4 Å². The molecule has 0 amide bonds. The van der Waals surface area contributed by atoms with Crippen LogP contribution < -0.4 is 11.1 Å². The Morgan fingerprint density at radius 3 is 2.09 bits per heavy atom. The van der Waals surface area contributed by atoms with Gasteiger partial charge in [0.05, 0.1) is 0 Å². The SMILES string of the molecule is CC(C)c1ccc(NC(C)(C)CCc2ccc(N)cc2)cc1. The van der Waals surface area contributed by atoms with Crippen LogP contribution in [0.5, 0.6) is 0 Å². The van der Waals surface area contributed by atoms with Crippen LogP contribution in [0.3, 0.4) is 0 Å². The van der Waals surface area contributed by atoms with Crippen molar-refractivity contribution >= 4 is 11.4 Å². The maximum atomic E-state index is 5.73. The van der Waals surface area contributed by atoms with Crippen LogP contribution >= 0.6 is 0 Å². The summed E-state index contributed by atoms with van der Waals surface area (Å²) in [5.74, 6) is 0.576. The highest BCUT2D eigenvalue weighted by Gasteiger charge is 2.17. The number of rotatable bonds is 6. The van der Waals surface area contributed by atoms with Crippen LogP contribution in [0.15, 0.2) is 48.5 Å². The van der Waals surface area contributed by atoms with E-state index in [0.29, 0.717) is 5.92 Å². The Morgan fingerprint density at radius 1 is 0.955 bits per heavy atom. The van der Waals surface area contributed by atoms with E-state index < -0.39 is 0 Å². The molecule has 2 heteroatoms. The zero-order valence-corrected chi connectivity index (χ0v) is 14.2. The molecule has 0 aliphatic heterocycles. The topological polar surface area (TPSA) is 38.0 Å². The Kier molecular flexibility index (Phi) is 5.12. The number of hydrogen-bond donors (Lipinski definition) is 2. The first-order chi connectivity index (χ1) is 10.4. The Labute approximate surface area is 134 Å². The number of hydrogen-bond acceptors (Lipinski definition) is 2. The first-order valence-electron chi connectivity index (χ1n) is 8.08. The van der Waals surface area contributed by atoms with Crippen molar-refractivity contribution in [3.05, 3.63) is 59.7 Å². The predicted molar refractivity (Wildman–Crippen MR) is 97.4 cm³/mol. The molecule has 0 saturated carbocycles. The smallest absolute Gasteiger partial charge is 0.0344 e. The number of anilines is 2.